The Kier molecular flexibility index (Phi) is 3.10. The Balaban J connectivity index is 2.47. The number of aliphatic hydroxyl groups is 1. The minimum atomic E-state index is -0.786. The van der Waals surface area contributed by atoms with Crippen LogP contribution in [0, 0.1) is 6.92 Å². The highest BCUT2D eigenvalue weighted by Crippen LogP contribution is 2.27. The van der Waals surface area contributed by atoms with E-state index in [2.05, 4.69) is 9.97 Å². The minimum absolute atomic E-state index is 0.362. The van der Waals surface area contributed by atoms with E-state index < -0.39 is 6.10 Å². The number of rotatable bonds is 3. The molecule has 0 aliphatic heterocycles. The summed E-state index contributed by atoms with van der Waals surface area (Å²) >= 11 is 0. The van der Waals surface area contributed by atoms with Crippen LogP contribution in [0.1, 0.15) is 29.8 Å². The molecule has 0 radical (unpaired) electrons. The second-order valence-corrected chi connectivity index (χ2v) is 3.93. The predicted octanol–water partition coefficient (Wildman–Crippen LogP) is 1.27. The normalized spacial score (nSPS) is 12.6. The zero-order valence-electron chi connectivity index (χ0n) is 9.96. The molecule has 0 aliphatic carbocycles. The molecule has 0 saturated carbocycles. The van der Waals surface area contributed by atoms with Gasteiger partial charge < -0.3 is 15.4 Å². The number of imidazole rings is 1. The molecular weight excluding hydrogens is 216 g/mol. The van der Waals surface area contributed by atoms with Crippen LogP contribution in [0.2, 0.25) is 0 Å². The Bertz CT molecular complexity index is 501. The van der Waals surface area contributed by atoms with Crippen LogP contribution in [0.15, 0.2) is 24.8 Å². The number of nitrogens with two attached hydrogens (primary N) is 1. The fourth-order valence-electron chi connectivity index (χ4n) is 1.92. The Morgan fingerprint density at radius 1 is 1.53 bits per heavy atom. The lowest BCUT2D eigenvalue weighted by Gasteiger charge is -2.16. The van der Waals surface area contributed by atoms with Crippen molar-refractivity contribution in [1.82, 2.24) is 14.5 Å². The number of nitrogens with zero attached hydrogens (tertiary/aromatic N) is 3. The van der Waals surface area contributed by atoms with Gasteiger partial charge in [0.25, 0.3) is 0 Å². The third-order valence-electron chi connectivity index (χ3n) is 2.88. The molecule has 2 aromatic heterocycles. The molecule has 90 valence electrons. The van der Waals surface area contributed by atoms with Crippen molar-refractivity contribution in [2.75, 3.05) is 5.73 Å². The topological polar surface area (TPSA) is 77.0 Å². The summed E-state index contributed by atoms with van der Waals surface area (Å²) in [6, 6.07) is 1.83. The molecule has 2 heterocycles. The number of anilines is 1. The molecule has 5 nitrogen and oxygen atoms in total. The van der Waals surface area contributed by atoms with Gasteiger partial charge in [-0.1, -0.05) is 0 Å². The lowest BCUT2D eigenvalue weighted by atomic mass is 10.0. The molecular formula is C12H16N4O. The molecule has 0 saturated heterocycles. The third-order valence-corrected chi connectivity index (χ3v) is 2.88. The molecule has 0 spiro atoms. The van der Waals surface area contributed by atoms with Crippen molar-refractivity contribution in [3.05, 3.63) is 41.6 Å². The number of aliphatic hydroxyl groups excluding tert-OH is 1. The van der Waals surface area contributed by atoms with Gasteiger partial charge in [0, 0.05) is 18.3 Å². The molecule has 2 aromatic rings. The first-order valence-corrected chi connectivity index (χ1v) is 5.54. The van der Waals surface area contributed by atoms with Gasteiger partial charge in [0.2, 0.25) is 0 Å². The Hall–Kier alpha value is -1.88. The molecule has 5 heteroatoms. The molecule has 2 rings (SSSR count). The van der Waals surface area contributed by atoms with Gasteiger partial charge in [-0.3, -0.25) is 0 Å². The summed E-state index contributed by atoms with van der Waals surface area (Å²) in [5.74, 6) is 0.362. The van der Waals surface area contributed by atoms with E-state index in [4.69, 9.17) is 5.73 Å². The highest BCUT2D eigenvalue weighted by atomic mass is 16.3. The zero-order chi connectivity index (χ0) is 12.4. The monoisotopic (exact) mass is 232 g/mol. The van der Waals surface area contributed by atoms with Crippen molar-refractivity contribution >= 4 is 5.82 Å². The van der Waals surface area contributed by atoms with Crippen molar-refractivity contribution < 1.29 is 5.11 Å². The first-order chi connectivity index (χ1) is 8.15. The van der Waals surface area contributed by atoms with Crippen molar-refractivity contribution in [3.8, 4) is 0 Å². The minimum Gasteiger partial charge on any atom is -0.383 e. The summed E-state index contributed by atoms with van der Waals surface area (Å²) < 4.78 is 1.89. The van der Waals surface area contributed by atoms with Crippen molar-refractivity contribution in [3.63, 3.8) is 0 Å². The van der Waals surface area contributed by atoms with Crippen LogP contribution in [0.3, 0.4) is 0 Å². The first kappa shape index (κ1) is 11.6. The maximum absolute atomic E-state index is 10.4. The largest absolute Gasteiger partial charge is 0.383 e. The van der Waals surface area contributed by atoms with Crippen molar-refractivity contribution in [2.24, 2.45) is 0 Å². The zero-order valence-corrected chi connectivity index (χ0v) is 9.96. The van der Waals surface area contributed by atoms with Gasteiger partial charge in [0.1, 0.15) is 11.9 Å². The summed E-state index contributed by atoms with van der Waals surface area (Å²) in [5.41, 5.74) is 8.13. The molecule has 17 heavy (non-hydrogen) atoms. The lowest BCUT2D eigenvalue weighted by molar-refractivity contribution is 0.210. The molecule has 0 amide bonds. The SMILES string of the molecule is CCn1cncc1C(O)c1c(C)ccnc1N. The molecule has 1 unspecified atom stereocenters. The summed E-state index contributed by atoms with van der Waals surface area (Å²) in [7, 11) is 0. The number of aromatic nitrogens is 3. The van der Waals surface area contributed by atoms with Crippen LogP contribution >= 0.6 is 0 Å². The number of hydrogen-bond acceptors (Lipinski definition) is 4. The second-order valence-electron chi connectivity index (χ2n) is 3.93. The quantitative estimate of drug-likeness (QED) is 0.835. The first-order valence-electron chi connectivity index (χ1n) is 5.54. The van der Waals surface area contributed by atoms with Crippen LogP contribution < -0.4 is 5.73 Å². The van der Waals surface area contributed by atoms with E-state index in [1.165, 1.54) is 0 Å². The van der Waals surface area contributed by atoms with E-state index in [0.29, 0.717) is 11.4 Å². The van der Waals surface area contributed by atoms with Gasteiger partial charge >= 0.3 is 0 Å². The second kappa shape index (κ2) is 4.55. The third kappa shape index (κ3) is 2.01. The average molecular weight is 232 g/mol. The van der Waals surface area contributed by atoms with Gasteiger partial charge in [0.05, 0.1) is 18.2 Å². The van der Waals surface area contributed by atoms with E-state index in [-0.39, 0.29) is 0 Å². The number of aryl methyl sites for hydroxylation is 2. The smallest absolute Gasteiger partial charge is 0.129 e. The molecule has 0 bridgehead atoms. The maximum Gasteiger partial charge on any atom is 0.129 e. The fraction of sp³-hybridized carbons (Fsp3) is 0.333. The number of pyridine rings is 1. The molecule has 3 N–H and O–H groups in total. The number of hydrogen-bond donors (Lipinski definition) is 2. The summed E-state index contributed by atoms with van der Waals surface area (Å²) in [6.45, 7) is 4.66. The van der Waals surface area contributed by atoms with Crippen LogP contribution in [-0.2, 0) is 6.54 Å². The van der Waals surface area contributed by atoms with Crippen LogP contribution in [-0.4, -0.2) is 19.6 Å². The summed E-state index contributed by atoms with van der Waals surface area (Å²) in [4.78, 5) is 8.06. The molecule has 0 aliphatic rings. The molecule has 1 atom stereocenters. The Morgan fingerprint density at radius 3 is 2.94 bits per heavy atom. The molecule has 0 aromatic carbocycles. The Morgan fingerprint density at radius 2 is 2.29 bits per heavy atom. The van der Waals surface area contributed by atoms with E-state index >= 15 is 0 Å². The van der Waals surface area contributed by atoms with Gasteiger partial charge in [-0.2, -0.15) is 0 Å². The van der Waals surface area contributed by atoms with E-state index in [9.17, 15) is 5.11 Å². The predicted molar refractivity (Wildman–Crippen MR) is 65.3 cm³/mol. The van der Waals surface area contributed by atoms with Gasteiger partial charge in [-0.15, -0.1) is 0 Å². The average Bonchev–Trinajstić information content (AvgIpc) is 2.76. The van der Waals surface area contributed by atoms with Gasteiger partial charge in [0.15, 0.2) is 0 Å². The van der Waals surface area contributed by atoms with Crippen molar-refractivity contribution in [1.29, 1.82) is 0 Å². The Labute approximate surface area is 99.9 Å². The van der Waals surface area contributed by atoms with Crippen LogP contribution in [0.5, 0.6) is 0 Å². The summed E-state index contributed by atoms with van der Waals surface area (Å²) in [6.07, 6.45) is 4.20. The van der Waals surface area contributed by atoms with Gasteiger partial charge in [-0.05, 0) is 25.5 Å². The van der Waals surface area contributed by atoms with Gasteiger partial charge in [-0.25, -0.2) is 9.97 Å². The van der Waals surface area contributed by atoms with Crippen LogP contribution in [0.4, 0.5) is 5.82 Å². The maximum atomic E-state index is 10.4. The highest BCUT2D eigenvalue weighted by molar-refractivity contribution is 5.47. The fourth-order valence-corrected chi connectivity index (χ4v) is 1.92. The summed E-state index contributed by atoms with van der Waals surface area (Å²) in [5, 5.41) is 10.4. The van der Waals surface area contributed by atoms with E-state index in [1.807, 2.05) is 24.5 Å². The number of nitrogen functional groups attached to an aromatic ring is 1. The highest BCUT2D eigenvalue weighted by Gasteiger charge is 2.19. The van der Waals surface area contributed by atoms with Crippen molar-refractivity contribution in [2.45, 2.75) is 26.5 Å². The van der Waals surface area contributed by atoms with Crippen LogP contribution in [0.25, 0.3) is 0 Å². The lowest BCUT2D eigenvalue weighted by Crippen LogP contribution is -2.11. The standard InChI is InChI=1S/C12H16N4O/c1-3-16-7-14-6-9(16)11(17)10-8(2)4-5-15-12(10)13/h4-7,11,17H,3H2,1-2H3,(H2,13,15). The molecule has 0 fully saturated rings. The van der Waals surface area contributed by atoms with E-state index in [1.54, 1.807) is 18.7 Å². The van der Waals surface area contributed by atoms with E-state index in [0.717, 1.165) is 17.8 Å².